The minimum absolute atomic E-state index is 0.253. The van der Waals surface area contributed by atoms with Crippen molar-refractivity contribution in [2.24, 2.45) is 5.10 Å². The summed E-state index contributed by atoms with van der Waals surface area (Å²) in [6.45, 7) is 7.71. The SMILES string of the molecule is CC(C)(C)c1nc2ccc(Br)cc2c(=O)n1N=Cc1ccc(N2CCCC2)c(F)c1. The van der Waals surface area contributed by atoms with Crippen LogP contribution in [0.25, 0.3) is 10.9 Å². The molecule has 7 heteroatoms. The molecule has 156 valence electrons. The lowest BCUT2D eigenvalue weighted by Crippen LogP contribution is -2.29. The first-order valence-electron chi connectivity index (χ1n) is 10.1. The average Bonchev–Trinajstić information content (AvgIpc) is 3.21. The number of fused-ring (bicyclic) bond motifs is 1. The van der Waals surface area contributed by atoms with Gasteiger partial charge in [-0.25, -0.2) is 9.37 Å². The summed E-state index contributed by atoms with van der Waals surface area (Å²) < 4.78 is 16.8. The monoisotopic (exact) mass is 470 g/mol. The van der Waals surface area contributed by atoms with E-state index in [4.69, 9.17) is 4.98 Å². The third-order valence-electron chi connectivity index (χ3n) is 5.22. The third kappa shape index (κ3) is 4.03. The van der Waals surface area contributed by atoms with Gasteiger partial charge in [-0.1, -0.05) is 42.8 Å². The fraction of sp³-hybridized carbons (Fsp3) is 0.348. The first kappa shape index (κ1) is 20.7. The maximum atomic E-state index is 14.6. The van der Waals surface area contributed by atoms with Gasteiger partial charge in [0, 0.05) is 23.0 Å². The van der Waals surface area contributed by atoms with Gasteiger partial charge in [-0.15, -0.1) is 0 Å². The largest absolute Gasteiger partial charge is 0.369 e. The van der Waals surface area contributed by atoms with Crippen molar-refractivity contribution in [1.29, 1.82) is 0 Å². The van der Waals surface area contributed by atoms with Crippen LogP contribution in [-0.4, -0.2) is 29.0 Å². The number of hydrogen-bond acceptors (Lipinski definition) is 4. The summed E-state index contributed by atoms with van der Waals surface area (Å²) in [5.41, 5.74) is 1.19. The zero-order valence-corrected chi connectivity index (χ0v) is 18.9. The predicted molar refractivity (Wildman–Crippen MR) is 123 cm³/mol. The highest BCUT2D eigenvalue weighted by Crippen LogP contribution is 2.25. The molecule has 3 aromatic rings. The summed E-state index contributed by atoms with van der Waals surface area (Å²) >= 11 is 3.41. The Bertz CT molecular complexity index is 1190. The average molecular weight is 471 g/mol. The Kier molecular flexibility index (Phi) is 5.49. The molecule has 1 aliphatic heterocycles. The van der Waals surface area contributed by atoms with Crippen molar-refractivity contribution in [1.82, 2.24) is 9.66 Å². The van der Waals surface area contributed by atoms with Crippen molar-refractivity contribution in [2.75, 3.05) is 18.0 Å². The molecule has 1 aliphatic rings. The number of anilines is 1. The molecule has 30 heavy (non-hydrogen) atoms. The normalized spacial score (nSPS) is 14.9. The van der Waals surface area contributed by atoms with Gasteiger partial charge in [0.1, 0.15) is 11.6 Å². The van der Waals surface area contributed by atoms with E-state index in [1.54, 1.807) is 12.1 Å². The van der Waals surface area contributed by atoms with Crippen molar-refractivity contribution in [3.8, 4) is 0 Å². The highest BCUT2D eigenvalue weighted by Gasteiger charge is 2.23. The molecule has 0 aliphatic carbocycles. The van der Waals surface area contributed by atoms with Crippen molar-refractivity contribution in [3.05, 3.63) is 68.4 Å². The van der Waals surface area contributed by atoms with Crippen LogP contribution in [0.1, 0.15) is 45.0 Å². The van der Waals surface area contributed by atoms with Crippen molar-refractivity contribution < 1.29 is 4.39 Å². The molecule has 2 heterocycles. The second kappa shape index (κ2) is 7.95. The fourth-order valence-corrected chi connectivity index (χ4v) is 4.04. The number of halogens is 2. The van der Waals surface area contributed by atoms with Gasteiger partial charge in [0.15, 0.2) is 0 Å². The molecule has 0 spiro atoms. The number of rotatable bonds is 3. The van der Waals surface area contributed by atoms with Gasteiger partial charge in [0.25, 0.3) is 5.56 Å². The Morgan fingerprint density at radius 1 is 1.13 bits per heavy atom. The lowest BCUT2D eigenvalue weighted by Gasteiger charge is -2.21. The molecule has 0 saturated carbocycles. The van der Waals surface area contributed by atoms with Crippen LogP contribution in [0.5, 0.6) is 0 Å². The molecular weight excluding hydrogens is 447 g/mol. The zero-order chi connectivity index (χ0) is 21.5. The Morgan fingerprint density at radius 3 is 2.53 bits per heavy atom. The molecule has 0 unspecified atom stereocenters. The Morgan fingerprint density at radius 2 is 1.87 bits per heavy atom. The Balaban J connectivity index is 1.77. The van der Waals surface area contributed by atoms with Crippen LogP contribution in [-0.2, 0) is 5.41 Å². The van der Waals surface area contributed by atoms with Gasteiger partial charge < -0.3 is 4.90 Å². The molecule has 0 N–H and O–H groups in total. The highest BCUT2D eigenvalue weighted by molar-refractivity contribution is 9.10. The van der Waals surface area contributed by atoms with Gasteiger partial charge in [-0.05, 0) is 48.7 Å². The van der Waals surface area contributed by atoms with Gasteiger partial charge in [0.2, 0.25) is 0 Å². The first-order valence-corrected chi connectivity index (χ1v) is 10.8. The van der Waals surface area contributed by atoms with Crippen LogP contribution in [0, 0.1) is 5.82 Å². The molecule has 0 bridgehead atoms. The van der Waals surface area contributed by atoms with Crippen molar-refractivity contribution in [2.45, 2.75) is 39.0 Å². The highest BCUT2D eigenvalue weighted by atomic mass is 79.9. The van der Waals surface area contributed by atoms with E-state index < -0.39 is 5.41 Å². The van der Waals surface area contributed by atoms with Crippen LogP contribution < -0.4 is 10.5 Å². The van der Waals surface area contributed by atoms with E-state index in [9.17, 15) is 9.18 Å². The molecule has 4 rings (SSSR count). The maximum absolute atomic E-state index is 14.6. The van der Waals surface area contributed by atoms with E-state index in [1.807, 2.05) is 39.0 Å². The van der Waals surface area contributed by atoms with Crippen LogP contribution in [0.15, 0.2) is 50.8 Å². The predicted octanol–water partition coefficient (Wildman–Crippen LogP) is 5.08. The molecule has 2 aromatic carbocycles. The van der Waals surface area contributed by atoms with Gasteiger partial charge in [-0.3, -0.25) is 4.79 Å². The zero-order valence-electron chi connectivity index (χ0n) is 17.3. The fourth-order valence-electron chi connectivity index (χ4n) is 3.68. The Hall–Kier alpha value is -2.54. The van der Waals surface area contributed by atoms with E-state index in [2.05, 4.69) is 25.9 Å². The molecule has 0 radical (unpaired) electrons. The second-order valence-electron chi connectivity index (χ2n) is 8.61. The Labute approximate surface area is 183 Å². The summed E-state index contributed by atoms with van der Waals surface area (Å²) in [4.78, 5) is 19.9. The topological polar surface area (TPSA) is 50.5 Å². The smallest absolute Gasteiger partial charge is 0.282 e. The van der Waals surface area contributed by atoms with Gasteiger partial charge in [0.05, 0.1) is 22.8 Å². The standard InChI is InChI=1S/C23H24BrFN4O/c1-23(2,3)22-27-19-8-7-16(24)13-17(19)21(30)29(22)26-14-15-6-9-20(18(25)12-15)28-10-4-5-11-28/h6-9,12-14H,4-5,10-11H2,1-3H3. The lowest BCUT2D eigenvalue weighted by atomic mass is 9.95. The number of aromatic nitrogens is 2. The van der Waals surface area contributed by atoms with E-state index in [-0.39, 0.29) is 11.4 Å². The van der Waals surface area contributed by atoms with E-state index in [0.29, 0.717) is 28.0 Å². The van der Waals surface area contributed by atoms with Crippen molar-refractivity contribution >= 4 is 38.7 Å². The van der Waals surface area contributed by atoms with Crippen LogP contribution in [0.4, 0.5) is 10.1 Å². The number of nitrogens with zero attached hydrogens (tertiary/aromatic N) is 4. The quantitative estimate of drug-likeness (QED) is 0.501. The summed E-state index contributed by atoms with van der Waals surface area (Å²) in [5, 5.41) is 4.89. The molecule has 1 saturated heterocycles. The maximum Gasteiger partial charge on any atom is 0.282 e. The summed E-state index contributed by atoms with van der Waals surface area (Å²) in [7, 11) is 0. The first-order chi connectivity index (χ1) is 14.2. The van der Waals surface area contributed by atoms with E-state index in [0.717, 1.165) is 30.4 Å². The minimum atomic E-state index is -0.400. The molecular formula is C23H24BrFN4O. The number of benzene rings is 2. The summed E-state index contributed by atoms with van der Waals surface area (Å²) in [6.07, 6.45) is 3.69. The van der Waals surface area contributed by atoms with Gasteiger partial charge >= 0.3 is 0 Å². The molecule has 5 nitrogen and oxygen atoms in total. The van der Waals surface area contributed by atoms with Gasteiger partial charge in [-0.2, -0.15) is 9.78 Å². The molecule has 1 aromatic heterocycles. The summed E-state index contributed by atoms with van der Waals surface area (Å²) in [5.74, 6) is 0.276. The minimum Gasteiger partial charge on any atom is -0.369 e. The lowest BCUT2D eigenvalue weighted by molar-refractivity contribution is 0.506. The number of hydrogen-bond donors (Lipinski definition) is 0. The van der Waals surface area contributed by atoms with E-state index >= 15 is 0 Å². The second-order valence-corrected chi connectivity index (χ2v) is 9.53. The molecule has 0 atom stereocenters. The van der Waals surface area contributed by atoms with Crippen LogP contribution >= 0.6 is 15.9 Å². The van der Waals surface area contributed by atoms with E-state index in [1.165, 1.54) is 17.0 Å². The molecule has 1 fully saturated rings. The summed E-state index contributed by atoms with van der Waals surface area (Å²) in [6, 6.07) is 10.5. The molecule has 0 amide bonds. The van der Waals surface area contributed by atoms with Crippen LogP contribution in [0.2, 0.25) is 0 Å². The van der Waals surface area contributed by atoms with Crippen molar-refractivity contribution in [3.63, 3.8) is 0 Å². The van der Waals surface area contributed by atoms with Crippen LogP contribution in [0.3, 0.4) is 0 Å². The third-order valence-corrected chi connectivity index (χ3v) is 5.71.